The van der Waals surface area contributed by atoms with Crippen molar-refractivity contribution in [3.8, 4) is 0 Å². The van der Waals surface area contributed by atoms with Crippen LogP contribution in [0, 0.1) is 5.92 Å². The van der Waals surface area contributed by atoms with Crippen molar-refractivity contribution in [1.82, 2.24) is 4.90 Å². The van der Waals surface area contributed by atoms with Crippen molar-refractivity contribution in [2.24, 2.45) is 5.92 Å². The van der Waals surface area contributed by atoms with E-state index in [9.17, 15) is 18.0 Å². The van der Waals surface area contributed by atoms with E-state index in [1.54, 1.807) is 6.08 Å². The van der Waals surface area contributed by atoms with Gasteiger partial charge in [0.25, 0.3) is 0 Å². The van der Waals surface area contributed by atoms with Gasteiger partial charge in [0.2, 0.25) is 0 Å². The first-order valence-electron chi connectivity index (χ1n) is 7.75. The van der Waals surface area contributed by atoms with E-state index in [0.29, 0.717) is 31.7 Å². The van der Waals surface area contributed by atoms with Crippen LogP contribution in [0.4, 0.5) is 23.7 Å². The molecule has 2 rings (SSSR count). The SMILES string of the molecule is CC(C)COC(=O)N1CC=C(c2cc(N)cc(C(F)(F)F)c2)CC1. The second-order valence-electron chi connectivity index (χ2n) is 6.24. The predicted octanol–water partition coefficient (Wildman–Crippen LogP) is 4.17. The lowest BCUT2D eigenvalue weighted by atomic mass is 9.97. The fourth-order valence-electron chi connectivity index (χ4n) is 2.43. The lowest BCUT2D eigenvalue weighted by Crippen LogP contribution is -2.35. The predicted molar refractivity (Wildman–Crippen MR) is 86.2 cm³/mol. The molecule has 1 aliphatic heterocycles. The van der Waals surface area contributed by atoms with Gasteiger partial charge >= 0.3 is 12.3 Å². The van der Waals surface area contributed by atoms with E-state index < -0.39 is 17.8 Å². The van der Waals surface area contributed by atoms with Gasteiger partial charge in [-0.05, 0) is 41.7 Å². The monoisotopic (exact) mass is 342 g/mol. The maximum absolute atomic E-state index is 12.9. The Morgan fingerprint density at radius 1 is 1.33 bits per heavy atom. The molecule has 0 saturated carbocycles. The van der Waals surface area contributed by atoms with Gasteiger partial charge in [0.15, 0.2) is 0 Å². The zero-order valence-corrected chi connectivity index (χ0v) is 13.7. The number of ether oxygens (including phenoxy) is 1. The first-order chi connectivity index (χ1) is 11.2. The van der Waals surface area contributed by atoms with Crippen LogP contribution in [0.25, 0.3) is 5.57 Å². The molecule has 0 fully saturated rings. The maximum atomic E-state index is 12.9. The highest BCUT2D eigenvalue weighted by atomic mass is 19.4. The Hall–Kier alpha value is -2.18. The van der Waals surface area contributed by atoms with Crippen molar-refractivity contribution in [2.45, 2.75) is 26.4 Å². The van der Waals surface area contributed by atoms with Gasteiger partial charge in [-0.1, -0.05) is 19.9 Å². The van der Waals surface area contributed by atoms with Crippen molar-refractivity contribution in [2.75, 3.05) is 25.4 Å². The van der Waals surface area contributed by atoms with E-state index in [1.165, 1.54) is 11.0 Å². The van der Waals surface area contributed by atoms with E-state index in [0.717, 1.165) is 17.7 Å². The molecule has 0 aliphatic carbocycles. The van der Waals surface area contributed by atoms with Gasteiger partial charge in [-0.2, -0.15) is 13.2 Å². The van der Waals surface area contributed by atoms with Crippen molar-refractivity contribution in [3.05, 3.63) is 35.4 Å². The quantitative estimate of drug-likeness (QED) is 0.839. The highest BCUT2D eigenvalue weighted by Crippen LogP contribution is 2.34. The third kappa shape index (κ3) is 4.66. The van der Waals surface area contributed by atoms with Crippen LogP contribution in [-0.4, -0.2) is 30.7 Å². The summed E-state index contributed by atoms with van der Waals surface area (Å²) in [4.78, 5) is 13.4. The summed E-state index contributed by atoms with van der Waals surface area (Å²) in [6.45, 7) is 4.94. The molecule has 0 bridgehead atoms. The van der Waals surface area contributed by atoms with Crippen LogP contribution in [0.15, 0.2) is 24.3 Å². The molecule has 0 radical (unpaired) electrons. The minimum absolute atomic E-state index is 0.0690. The fourth-order valence-corrected chi connectivity index (χ4v) is 2.43. The molecular formula is C17H21F3N2O2. The summed E-state index contributed by atoms with van der Waals surface area (Å²) in [6, 6.07) is 3.53. The number of hydrogen-bond donors (Lipinski definition) is 1. The minimum atomic E-state index is -4.44. The van der Waals surface area contributed by atoms with E-state index in [1.807, 2.05) is 13.8 Å². The number of anilines is 1. The molecular weight excluding hydrogens is 321 g/mol. The Morgan fingerprint density at radius 2 is 2.04 bits per heavy atom. The van der Waals surface area contributed by atoms with Crippen LogP contribution < -0.4 is 5.73 Å². The molecule has 0 unspecified atom stereocenters. The Labute approximate surface area is 139 Å². The molecule has 4 nitrogen and oxygen atoms in total. The molecule has 1 amide bonds. The van der Waals surface area contributed by atoms with Crippen LogP contribution >= 0.6 is 0 Å². The standard InChI is InChI=1S/C17H21F3N2O2/c1-11(2)10-24-16(23)22-5-3-12(4-6-22)13-7-14(17(18,19)20)9-15(21)8-13/h3,7-9,11H,4-6,10,21H2,1-2H3. The van der Waals surface area contributed by atoms with Gasteiger partial charge in [-0.25, -0.2) is 4.79 Å². The molecule has 0 atom stereocenters. The number of amides is 1. The average molecular weight is 342 g/mol. The van der Waals surface area contributed by atoms with Gasteiger partial charge in [0, 0.05) is 18.8 Å². The molecule has 1 heterocycles. The molecule has 24 heavy (non-hydrogen) atoms. The van der Waals surface area contributed by atoms with E-state index in [4.69, 9.17) is 10.5 Å². The van der Waals surface area contributed by atoms with Crippen LogP contribution in [0.2, 0.25) is 0 Å². The number of halogens is 3. The summed E-state index contributed by atoms with van der Waals surface area (Å²) < 4.78 is 43.8. The first-order valence-corrected chi connectivity index (χ1v) is 7.75. The summed E-state index contributed by atoms with van der Waals surface area (Å²) >= 11 is 0. The molecule has 0 spiro atoms. The largest absolute Gasteiger partial charge is 0.449 e. The number of carbonyl (C=O) groups excluding carboxylic acids is 1. The third-order valence-electron chi connectivity index (χ3n) is 3.66. The van der Waals surface area contributed by atoms with Crippen molar-refractivity contribution in [3.63, 3.8) is 0 Å². The molecule has 1 aromatic carbocycles. The van der Waals surface area contributed by atoms with E-state index >= 15 is 0 Å². The number of hydrogen-bond acceptors (Lipinski definition) is 3. The fraction of sp³-hybridized carbons (Fsp3) is 0.471. The van der Waals surface area contributed by atoms with Crippen molar-refractivity contribution in [1.29, 1.82) is 0 Å². The summed E-state index contributed by atoms with van der Waals surface area (Å²) in [5, 5.41) is 0. The highest BCUT2D eigenvalue weighted by Gasteiger charge is 2.31. The van der Waals surface area contributed by atoms with Crippen LogP contribution in [0.3, 0.4) is 0 Å². The second kappa shape index (κ2) is 7.15. The number of benzene rings is 1. The van der Waals surface area contributed by atoms with Crippen LogP contribution in [0.5, 0.6) is 0 Å². The second-order valence-corrected chi connectivity index (χ2v) is 6.24. The molecule has 0 saturated heterocycles. The number of nitrogens with two attached hydrogens (primary N) is 1. The molecule has 2 N–H and O–H groups in total. The molecule has 1 aliphatic rings. The normalized spacial score (nSPS) is 15.4. The molecule has 7 heteroatoms. The lowest BCUT2D eigenvalue weighted by molar-refractivity contribution is -0.137. The van der Waals surface area contributed by atoms with Gasteiger partial charge in [0.05, 0.1) is 12.2 Å². The molecule has 0 aromatic heterocycles. The zero-order valence-electron chi connectivity index (χ0n) is 13.7. The number of rotatable bonds is 3. The van der Waals surface area contributed by atoms with E-state index in [-0.39, 0.29) is 11.6 Å². The van der Waals surface area contributed by atoms with Gasteiger partial charge < -0.3 is 15.4 Å². The lowest BCUT2D eigenvalue weighted by Gasteiger charge is -2.26. The third-order valence-corrected chi connectivity index (χ3v) is 3.66. The zero-order chi connectivity index (χ0) is 17.9. The average Bonchev–Trinajstić information content (AvgIpc) is 2.51. The Kier molecular flexibility index (Phi) is 5.41. The van der Waals surface area contributed by atoms with Crippen molar-refractivity contribution < 1.29 is 22.7 Å². The summed E-state index contributed by atoms with van der Waals surface area (Å²) in [5.41, 5.74) is 6.09. The Bertz CT molecular complexity index is 639. The van der Waals surface area contributed by atoms with Crippen LogP contribution in [0.1, 0.15) is 31.4 Å². The van der Waals surface area contributed by atoms with Gasteiger partial charge in [-0.3, -0.25) is 0 Å². The molecule has 1 aromatic rings. The number of nitrogen functional groups attached to an aromatic ring is 1. The Balaban J connectivity index is 2.10. The van der Waals surface area contributed by atoms with Gasteiger partial charge in [0.1, 0.15) is 0 Å². The maximum Gasteiger partial charge on any atom is 0.416 e. The number of alkyl halides is 3. The Morgan fingerprint density at radius 3 is 2.58 bits per heavy atom. The topological polar surface area (TPSA) is 55.6 Å². The summed E-state index contributed by atoms with van der Waals surface area (Å²) in [6.07, 6.45) is -2.64. The van der Waals surface area contributed by atoms with Crippen LogP contribution in [-0.2, 0) is 10.9 Å². The first kappa shape index (κ1) is 18.2. The summed E-state index contributed by atoms with van der Waals surface area (Å²) in [5.74, 6) is 0.248. The van der Waals surface area contributed by atoms with Crippen molar-refractivity contribution >= 4 is 17.4 Å². The van der Waals surface area contributed by atoms with E-state index in [2.05, 4.69) is 0 Å². The highest BCUT2D eigenvalue weighted by molar-refractivity contribution is 5.74. The van der Waals surface area contributed by atoms with Gasteiger partial charge in [-0.15, -0.1) is 0 Å². The summed E-state index contributed by atoms with van der Waals surface area (Å²) in [7, 11) is 0. The molecule has 132 valence electrons. The number of nitrogens with zero attached hydrogens (tertiary/aromatic N) is 1. The number of carbonyl (C=O) groups is 1. The smallest absolute Gasteiger partial charge is 0.416 e. The minimum Gasteiger partial charge on any atom is -0.449 e.